The Bertz CT molecular complexity index is 459. The lowest BCUT2D eigenvalue weighted by molar-refractivity contribution is 0.0687. The predicted octanol–water partition coefficient (Wildman–Crippen LogP) is 2.48. The van der Waals surface area contributed by atoms with Crippen molar-refractivity contribution >= 4 is 11.9 Å². The highest BCUT2D eigenvalue weighted by molar-refractivity contribution is 6.03. The van der Waals surface area contributed by atoms with E-state index in [1.165, 1.54) is 18.3 Å². The molecule has 0 aliphatic heterocycles. The summed E-state index contributed by atoms with van der Waals surface area (Å²) in [6.45, 7) is 6.01. The van der Waals surface area contributed by atoms with E-state index in [0.29, 0.717) is 0 Å². The molecule has 5 nitrogen and oxygen atoms in total. The number of carbonyl (C=O) groups is 2. The molecule has 1 heterocycles. The van der Waals surface area contributed by atoms with Crippen molar-refractivity contribution in [1.29, 1.82) is 0 Å². The molecule has 0 aliphatic carbocycles. The molecule has 104 valence electrons. The molecule has 0 saturated carbocycles. The van der Waals surface area contributed by atoms with Crippen LogP contribution in [0, 0.1) is 0 Å². The van der Waals surface area contributed by atoms with Crippen LogP contribution in [0.15, 0.2) is 18.3 Å². The van der Waals surface area contributed by atoms with Gasteiger partial charge in [-0.1, -0.05) is 20.8 Å². The molecule has 19 heavy (non-hydrogen) atoms. The number of amides is 1. The van der Waals surface area contributed by atoms with Gasteiger partial charge in [-0.3, -0.25) is 9.78 Å². The number of nitrogens with one attached hydrogen (secondary N) is 1. The van der Waals surface area contributed by atoms with E-state index in [1.807, 2.05) is 20.8 Å². The van der Waals surface area contributed by atoms with Gasteiger partial charge in [0.2, 0.25) is 0 Å². The lowest BCUT2D eigenvalue weighted by Gasteiger charge is -2.31. The van der Waals surface area contributed by atoms with E-state index in [1.54, 1.807) is 0 Å². The first-order chi connectivity index (χ1) is 8.99. The number of nitrogens with zero attached hydrogens (tertiary/aromatic N) is 1. The minimum atomic E-state index is -1.15. The number of carboxylic acids is 1. The van der Waals surface area contributed by atoms with E-state index in [-0.39, 0.29) is 16.8 Å². The minimum Gasteiger partial charge on any atom is -0.478 e. The average Bonchev–Trinajstić information content (AvgIpc) is 2.44. The molecule has 0 bridgehead atoms. The average molecular weight is 264 g/mol. The van der Waals surface area contributed by atoms with Gasteiger partial charge in [0, 0.05) is 11.7 Å². The van der Waals surface area contributed by atoms with E-state index in [4.69, 9.17) is 5.11 Å². The van der Waals surface area contributed by atoms with Crippen LogP contribution in [-0.4, -0.2) is 27.5 Å². The smallest absolute Gasteiger partial charge is 0.338 e. The van der Waals surface area contributed by atoms with Crippen LogP contribution in [0.1, 0.15) is 60.9 Å². The third kappa shape index (κ3) is 3.30. The number of hydrogen-bond donors (Lipinski definition) is 2. The molecule has 1 aromatic heterocycles. The Hall–Kier alpha value is -1.91. The summed E-state index contributed by atoms with van der Waals surface area (Å²) in [5, 5.41) is 12.0. The number of rotatable bonds is 6. The first kappa shape index (κ1) is 15.1. The zero-order valence-electron chi connectivity index (χ0n) is 11.6. The predicted molar refractivity (Wildman–Crippen MR) is 72.3 cm³/mol. The fourth-order valence-corrected chi connectivity index (χ4v) is 2.07. The highest BCUT2D eigenvalue weighted by Crippen LogP contribution is 2.20. The summed E-state index contributed by atoms with van der Waals surface area (Å²) in [7, 11) is 0. The maximum Gasteiger partial charge on any atom is 0.338 e. The van der Waals surface area contributed by atoms with Gasteiger partial charge in [0.05, 0.1) is 5.56 Å². The van der Waals surface area contributed by atoms with Crippen molar-refractivity contribution in [1.82, 2.24) is 10.3 Å². The fourth-order valence-electron chi connectivity index (χ4n) is 2.07. The van der Waals surface area contributed by atoms with Gasteiger partial charge in [0.1, 0.15) is 5.69 Å². The van der Waals surface area contributed by atoms with E-state index < -0.39 is 11.9 Å². The van der Waals surface area contributed by atoms with Gasteiger partial charge in [0.25, 0.3) is 5.91 Å². The molecular weight excluding hydrogens is 244 g/mol. The summed E-state index contributed by atoms with van der Waals surface area (Å²) >= 11 is 0. The van der Waals surface area contributed by atoms with Crippen LogP contribution in [0.25, 0.3) is 0 Å². The number of carbonyl (C=O) groups excluding carboxylic acids is 1. The van der Waals surface area contributed by atoms with E-state index >= 15 is 0 Å². The summed E-state index contributed by atoms with van der Waals surface area (Å²) < 4.78 is 0. The maximum atomic E-state index is 12.2. The quantitative estimate of drug-likeness (QED) is 0.827. The van der Waals surface area contributed by atoms with Crippen LogP contribution in [0.5, 0.6) is 0 Å². The second-order valence-corrected chi connectivity index (χ2v) is 4.50. The summed E-state index contributed by atoms with van der Waals surface area (Å²) in [6, 6.07) is 2.89. The molecule has 2 N–H and O–H groups in total. The van der Waals surface area contributed by atoms with Crippen molar-refractivity contribution in [2.45, 2.75) is 45.6 Å². The van der Waals surface area contributed by atoms with Crippen LogP contribution in [0.2, 0.25) is 0 Å². The van der Waals surface area contributed by atoms with Gasteiger partial charge < -0.3 is 10.4 Å². The number of pyridine rings is 1. The van der Waals surface area contributed by atoms with Crippen molar-refractivity contribution in [3.8, 4) is 0 Å². The van der Waals surface area contributed by atoms with Gasteiger partial charge >= 0.3 is 5.97 Å². The second-order valence-electron chi connectivity index (χ2n) is 4.50. The first-order valence-electron chi connectivity index (χ1n) is 6.50. The van der Waals surface area contributed by atoms with Crippen LogP contribution < -0.4 is 5.32 Å². The van der Waals surface area contributed by atoms with Crippen LogP contribution in [-0.2, 0) is 0 Å². The highest BCUT2D eigenvalue weighted by atomic mass is 16.4. The zero-order chi connectivity index (χ0) is 14.5. The lowest BCUT2D eigenvalue weighted by Crippen LogP contribution is -2.47. The molecule has 5 heteroatoms. The van der Waals surface area contributed by atoms with Gasteiger partial charge in [-0.15, -0.1) is 0 Å². The molecule has 0 radical (unpaired) electrons. The number of aromatic carboxylic acids is 1. The van der Waals surface area contributed by atoms with Crippen molar-refractivity contribution in [2.75, 3.05) is 0 Å². The molecule has 0 saturated heterocycles. The molecular formula is C14H20N2O3. The van der Waals surface area contributed by atoms with Crippen LogP contribution in [0.3, 0.4) is 0 Å². The van der Waals surface area contributed by atoms with Crippen molar-refractivity contribution in [2.24, 2.45) is 0 Å². The highest BCUT2D eigenvalue weighted by Gasteiger charge is 2.28. The van der Waals surface area contributed by atoms with Crippen LogP contribution in [0.4, 0.5) is 0 Å². The Kier molecular flexibility index (Phi) is 5.03. The molecule has 0 fully saturated rings. The second kappa shape index (κ2) is 6.31. The largest absolute Gasteiger partial charge is 0.478 e. The fraction of sp³-hybridized carbons (Fsp3) is 0.500. The lowest BCUT2D eigenvalue weighted by atomic mass is 9.89. The third-order valence-electron chi connectivity index (χ3n) is 3.66. The van der Waals surface area contributed by atoms with E-state index in [9.17, 15) is 9.59 Å². The minimum absolute atomic E-state index is 0.0327. The zero-order valence-corrected chi connectivity index (χ0v) is 11.6. The normalized spacial score (nSPS) is 11.1. The number of aromatic nitrogens is 1. The molecule has 0 spiro atoms. The summed E-state index contributed by atoms with van der Waals surface area (Å²) in [5.41, 5.74) is -0.406. The molecule has 1 aromatic rings. The molecule has 0 atom stereocenters. The molecule has 0 aromatic carbocycles. The Morgan fingerprint density at radius 3 is 2.32 bits per heavy atom. The van der Waals surface area contributed by atoms with Gasteiger partial charge in [-0.25, -0.2) is 4.79 Å². The van der Waals surface area contributed by atoms with Gasteiger partial charge in [-0.2, -0.15) is 0 Å². The van der Waals surface area contributed by atoms with E-state index in [0.717, 1.165) is 19.3 Å². The SMILES string of the molecule is CCC(CC)(CC)NC(=O)c1ncccc1C(=O)O. The topological polar surface area (TPSA) is 79.3 Å². The number of hydrogen-bond acceptors (Lipinski definition) is 3. The Balaban J connectivity index is 3.05. The molecule has 1 rings (SSSR count). The van der Waals surface area contributed by atoms with Crippen LogP contribution >= 0.6 is 0 Å². The standard InChI is InChI=1S/C14H20N2O3/c1-4-14(5-2,6-3)16-12(17)11-10(13(18)19)8-7-9-15-11/h7-9H,4-6H2,1-3H3,(H,16,17)(H,18,19). The van der Waals surface area contributed by atoms with Crippen molar-refractivity contribution in [3.63, 3.8) is 0 Å². The first-order valence-corrected chi connectivity index (χ1v) is 6.50. The molecule has 0 unspecified atom stereocenters. The summed E-state index contributed by atoms with van der Waals surface area (Å²) in [6.07, 6.45) is 3.80. The van der Waals surface area contributed by atoms with Crippen molar-refractivity contribution < 1.29 is 14.7 Å². The molecule has 0 aliphatic rings. The Morgan fingerprint density at radius 1 is 1.26 bits per heavy atom. The van der Waals surface area contributed by atoms with Crippen molar-refractivity contribution in [3.05, 3.63) is 29.6 Å². The van der Waals surface area contributed by atoms with E-state index in [2.05, 4.69) is 10.3 Å². The monoisotopic (exact) mass is 264 g/mol. The molecule has 1 amide bonds. The Morgan fingerprint density at radius 2 is 1.84 bits per heavy atom. The van der Waals surface area contributed by atoms with Gasteiger partial charge in [-0.05, 0) is 31.4 Å². The summed E-state index contributed by atoms with van der Waals surface area (Å²) in [5.74, 6) is -1.57. The maximum absolute atomic E-state index is 12.2. The third-order valence-corrected chi connectivity index (χ3v) is 3.66. The van der Waals surface area contributed by atoms with Gasteiger partial charge in [0.15, 0.2) is 0 Å². The number of carboxylic acid groups (broad SMARTS) is 1. The Labute approximate surface area is 113 Å². The summed E-state index contributed by atoms with van der Waals surface area (Å²) in [4.78, 5) is 27.2.